The van der Waals surface area contributed by atoms with Crippen molar-refractivity contribution in [3.63, 3.8) is 0 Å². The van der Waals surface area contributed by atoms with E-state index in [2.05, 4.69) is 10.0 Å². The quantitative estimate of drug-likeness (QED) is 0.461. The Morgan fingerprint density at radius 2 is 2.06 bits per heavy atom. The molecule has 84 valence electrons. The fraction of sp³-hybridized carbons (Fsp3) is 0.500. The number of hydrogen-bond acceptors (Lipinski definition) is 2. The molecular formula is C12H15N3O. The minimum Gasteiger partial charge on any atom is -0.385 e. The lowest BCUT2D eigenvalue weighted by Gasteiger charge is -2.37. The van der Waals surface area contributed by atoms with Gasteiger partial charge in [-0.1, -0.05) is 48.3 Å². The van der Waals surface area contributed by atoms with Crippen molar-refractivity contribution in [2.45, 2.75) is 37.3 Å². The van der Waals surface area contributed by atoms with Gasteiger partial charge < -0.3 is 5.11 Å². The van der Waals surface area contributed by atoms with E-state index in [-0.39, 0.29) is 6.04 Å². The van der Waals surface area contributed by atoms with Crippen molar-refractivity contribution in [2.24, 2.45) is 5.11 Å². The van der Waals surface area contributed by atoms with Gasteiger partial charge in [-0.15, -0.1) is 0 Å². The molecule has 2 rings (SSSR count). The van der Waals surface area contributed by atoms with Gasteiger partial charge in [0, 0.05) is 4.91 Å². The number of rotatable bonds is 2. The van der Waals surface area contributed by atoms with Gasteiger partial charge in [0.15, 0.2) is 0 Å². The maximum atomic E-state index is 10.7. The van der Waals surface area contributed by atoms with E-state index in [4.69, 9.17) is 5.53 Å². The van der Waals surface area contributed by atoms with Crippen molar-refractivity contribution in [1.29, 1.82) is 0 Å². The lowest BCUT2D eigenvalue weighted by Crippen LogP contribution is -2.40. The van der Waals surface area contributed by atoms with Crippen LogP contribution >= 0.6 is 0 Å². The summed E-state index contributed by atoms with van der Waals surface area (Å²) in [6.45, 7) is 0. The molecule has 1 aromatic carbocycles. The number of benzene rings is 1. The molecule has 1 aromatic rings. The van der Waals surface area contributed by atoms with Crippen LogP contribution in [-0.4, -0.2) is 11.1 Å². The molecule has 1 aliphatic carbocycles. The van der Waals surface area contributed by atoms with Crippen molar-refractivity contribution < 1.29 is 5.11 Å². The Hall–Kier alpha value is -1.51. The second kappa shape index (κ2) is 4.56. The Morgan fingerprint density at radius 3 is 2.75 bits per heavy atom. The van der Waals surface area contributed by atoms with Gasteiger partial charge in [-0.25, -0.2) is 0 Å². The van der Waals surface area contributed by atoms with Crippen LogP contribution in [0.3, 0.4) is 0 Å². The third-order valence-corrected chi connectivity index (χ3v) is 3.30. The summed E-state index contributed by atoms with van der Waals surface area (Å²) < 4.78 is 0. The molecule has 0 amide bonds. The fourth-order valence-electron chi connectivity index (χ4n) is 2.42. The van der Waals surface area contributed by atoms with E-state index >= 15 is 0 Å². The Bertz CT molecular complexity index is 400. The van der Waals surface area contributed by atoms with Crippen molar-refractivity contribution >= 4 is 0 Å². The molecular weight excluding hydrogens is 202 g/mol. The summed E-state index contributed by atoms with van der Waals surface area (Å²) in [6.07, 6.45) is 3.41. The molecule has 1 aliphatic rings. The molecule has 0 aromatic heterocycles. The van der Waals surface area contributed by atoms with Gasteiger partial charge in [0.05, 0.1) is 11.6 Å². The molecule has 1 saturated carbocycles. The van der Waals surface area contributed by atoms with Gasteiger partial charge in [-0.3, -0.25) is 0 Å². The highest BCUT2D eigenvalue weighted by atomic mass is 16.3. The van der Waals surface area contributed by atoms with Crippen molar-refractivity contribution in [3.05, 3.63) is 46.3 Å². The zero-order valence-corrected chi connectivity index (χ0v) is 9.08. The van der Waals surface area contributed by atoms with Crippen LogP contribution in [0.15, 0.2) is 35.4 Å². The first-order chi connectivity index (χ1) is 7.77. The van der Waals surface area contributed by atoms with Crippen LogP contribution in [0.25, 0.3) is 10.4 Å². The first kappa shape index (κ1) is 11.0. The van der Waals surface area contributed by atoms with Gasteiger partial charge >= 0.3 is 0 Å². The van der Waals surface area contributed by atoms with Crippen LogP contribution < -0.4 is 0 Å². The van der Waals surface area contributed by atoms with E-state index in [1.165, 1.54) is 0 Å². The highest BCUT2D eigenvalue weighted by molar-refractivity contribution is 5.25. The average molecular weight is 217 g/mol. The maximum Gasteiger partial charge on any atom is 0.0981 e. The van der Waals surface area contributed by atoms with Crippen LogP contribution in [-0.2, 0) is 5.60 Å². The van der Waals surface area contributed by atoms with Gasteiger partial charge in [0.2, 0.25) is 0 Å². The first-order valence-electron chi connectivity index (χ1n) is 5.59. The van der Waals surface area contributed by atoms with Crippen LogP contribution in [0.1, 0.15) is 31.2 Å². The van der Waals surface area contributed by atoms with Crippen LogP contribution in [0.2, 0.25) is 0 Å². The van der Waals surface area contributed by atoms with E-state index in [9.17, 15) is 5.11 Å². The summed E-state index contributed by atoms with van der Waals surface area (Å²) in [5.74, 6) is 0. The molecule has 0 bridgehead atoms. The Balaban J connectivity index is 2.36. The van der Waals surface area contributed by atoms with E-state index in [0.717, 1.165) is 24.8 Å². The smallest absolute Gasteiger partial charge is 0.0981 e. The van der Waals surface area contributed by atoms with E-state index < -0.39 is 5.60 Å². The highest BCUT2D eigenvalue weighted by Crippen LogP contribution is 2.39. The standard InChI is InChI=1S/C12H15N3O/c13-15-14-11-8-4-5-9-12(11,16)10-6-2-1-3-7-10/h1-3,6-7,11,16H,4-5,8-9H2. The Kier molecular flexibility index (Phi) is 3.13. The monoisotopic (exact) mass is 217 g/mol. The number of nitrogens with zero attached hydrogens (tertiary/aromatic N) is 3. The molecule has 4 heteroatoms. The van der Waals surface area contributed by atoms with Crippen molar-refractivity contribution in [3.8, 4) is 0 Å². The van der Waals surface area contributed by atoms with Gasteiger partial charge in [-0.2, -0.15) is 0 Å². The minimum absolute atomic E-state index is 0.339. The van der Waals surface area contributed by atoms with Gasteiger partial charge in [0.25, 0.3) is 0 Å². The predicted octanol–water partition coefficient (Wildman–Crippen LogP) is 3.13. The summed E-state index contributed by atoms with van der Waals surface area (Å²) >= 11 is 0. The van der Waals surface area contributed by atoms with Crippen LogP contribution in [0, 0.1) is 0 Å². The van der Waals surface area contributed by atoms with E-state index in [1.54, 1.807) is 0 Å². The molecule has 0 radical (unpaired) electrons. The van der Waals surface area contributed by atoms with E-state index in [0.29, 0.717) is 6.42 Å². The topological polar surface area (TPSA) is 69.0 Å². The summed E-state index contributed by atoms with van der Waals surface area (Å²) in [5.41, 5.74) is 8.42. The number of hydrogen-bond donors (Lipinski definition) is 1. The Labute approximate surface area is 94.5 Å². The van der Waals surface area contributed by atoms with Crippen molar-refractivity contribution in [1.82, 2.24) is 0 Å². The lowest BCUT2D eigenvalue weighted by atomic mass is 9.76. The normalized spacial score (nSPS) is 29.4. The summed E-state index contributed by atoms with van der Waals surface area (Å²) in [5, 5.41) is 14.4. The first-order valence-corrected chi connectivity index (χ1v) is 5.59. The number of azide groups is 1. The van der Waals surface area contributed by atoms with E-state index in [1.807, 2.05) is 30.3 Å². The molecule has 4 nitrogen and oxygen atoms in total. The van der Waals surface area contributed by atoms with Gasteiger partial charge in [-0.05, 0) is 23.9 Å². The molecule has 2 unspecified atom stereocenters. The second-order valence-corrected chi connectivity index (χ2v) is 4.26. The molecule has 0 saturated heterocycles. The molecule has 1 fully saturated rings. The SMILES string of the molecule is [N-]=[N+]=NC1CCCCC1(O)c1ccccc1. The second-order valence-electron chi connectivity index (χ2n) is 4.26. The Morgan fingerprint density at radius 1 is 1.31 bits per heavy atom. The summed E-state index contributed by atoms with van der Waals surface area (Å²) in [4.78, 5) is 2.85. The number of aliphatic hydroxyl groups is 1. The van der Waals surface area contributed by atoms with Gasteiger partial charge in [0.1, 0.15) is 0 Å². The van der Waals surface area contributed by atoms with Crippen LogP contribution in [0.4, 0.5) is 0 Å². The molecule has 16 heavy (non-hydrogen) atoms. The lowest BCUT2D eigenvalue weighted by molar-refractivity contribution is -0.0190. The third kappa shape index (κ3) is 1.90. The summed E-state index contributed by atoms with van der Waals surface area (Å²) in [6, 6.07) is 9.16. The maximum absolute atomic E-state index is 10.7. The van der Waals surface area contributed by atoms with Crippen LogP contribution in [0.5, 0.6) is 0 Å². The molecule has 1 N–H and O–H groups in total. The zero-order valence-electron chi connectivity index (χ0n) is 9.08. The highest BCUT2D eigenvalue weighted by Gasteiger charge is 2.39. The third-order valence-electron chi connectivity index (χ3n) is 3.30. The predicted molar refractivity (Wildman–Crippen MR) is 61.7 cm³/mol. The molecule has 0 heterocycles. The molecule has 2 atom stereocenters. The molecule has 0 spiro atoms. The minimum atomic E-state index is -0.980. The van der Waals surface area contributed by atoms with Crippen molar-refractivity contribution in [2.75, 3.05) is 0 Å². The largest absolute Gasteiger partial charge is 0.385 e. The summed E-state index contributed by atoms with van der Waals surface area (Å²) in [7, 11) is 0. The average Bonchev–Trinajstić information content (AvgIpc) is 2.34. The molecule has 0 aliphatic heterocycles. The zero-order chi connectivity index (χ0) is 11.4. The fourth-order valence-corrected chi connectivity index (χ4v) is 2.42.